The van der Waals surface area contributed by atoms with Gasteiger partial charge >= 0.3 is 0 Å². The number of rotatable bonds is 3. The zero-order valence-corrected chi connectivity index (χ0v) is 11.0. The van der Waals surface area contributed by atoms with E-state index < -0.39 is 0 Å². The van der Waals surface area contributed by atoms with Crippen molar-refractivity contribution >= 4 is 0 Å². The highest BCUT2D eigenvalue weighted by molar-refractivity contribution is 5.29. The van der Waals surface area contributed by atoms with E-state index in [1.165, 1.54) is 5.57 Å². The van der Waals surface area contributed by atoms with Gasteiger partial charge < -0.3 is 5.11 Å². The van der Waals surface area contributed by atoms with Crippen LogP contribution in [0.2, 0.25) is 0 Å². The lowest BCUT2D eigenvalue weighted by Crippen LogP contribution is -1.93. The van der Waals surface area contributed by atoms with Crippen molar-refractivity contribution in [1.29, 1.82) is 0 Å². The van der Waals surface area contributed by atoms with E-state index in [-0.39, 0.29) is 6.61 Å². The minimum Gasteiger partial charge on any atom is -0.392 e. The molecule has 0 aliphatic heterocycles. The summed E-state index contributed by atoms with van der Waals surface area (Å²) in [4.78, 5) is 0. The molecule has 1 nitrogen and oxygen atoms in total. The number of hydrogen-bond donors (Lipinski definition) is 1. The van der Waals surface area contributed by atoms with Gasteiger partial charge in [0.15, 0.2) is 0 Å². The van der Waals surface area contributed by atoms with Crippen LogP contribution in [0.1, 0.15) is 54.9 Å². The molecule has 0 rings (SSSR count). The van der Waals surface area contributed by atoms with Crippen molar-refractivity contribution in [2.75, 3.05) is 6.61 Å². The number of aliphatic hydroxyl groups is 1. The van der Waals surface area contributed by atoms with E-state index in [2.05, 4.69) is 6.92 Å². The summed E-state index contributed by atoms with van der Waals surface area (Å²) in [5.74, 6) is 0. The molecule has 0 heterocycles. The Bertz CT molecular complexity index is 125. The molecule has 0 saturated heterocycles. The highest BCUT2D eigenvalue weighted by Gasteiger charge is 1.97. The summed E-state index contributed by atoms with van der Waals surface area (Å²) in [6.07, 6.45) is 5.00. The Hall–Kier alpha value is -0.560. The van der Waals surface area contributed by atoms with E-state index >= 15 is 0 Å². The van der Waals surface area contributed by atoms with Crippen LogP contribution in [0, 0.1) is 0 Å². The van der Waals surface area contributed by atoms with Gasteiger partial charge in [0.2, 0.25) is 0 Å². The molecule has 0 spiro atoms. The fraction of sp³-hybridized carbons (Fsp3) is 0.692. The van der Waals surface area contributed by atoms with E-state index in [9.17, 15) is 0 Å². The second-order valence-electron chi connectivity index (χ2n) is 2.14. The summed E-state index contributed by atoms with van der Waals surface area (Å²) in [5, 5.41) is 8.85. The van der Waals surface area contributed by atoms with Gasteiger partial charge in [0.05, 0.1) is 6.61 Å². The second-order valence-corrected chi connectivity index (χ2v) is 2.14. The first-order valence-electron chi connectivity index (χ1n) is 5.71. The molecule has 0 aromatic heterocycles. The summed E-state index contributed by atoms with van der Waals surface area (Å²) in [7, 11) is 0. The Kier molecular flexibility index (Phi) is 24.9. The van der Waals surface area contributed by atoms with Crippen LogP contribution in [-0.4, -0.2) is 11.7 Å². The molecule has 0 aliphatic rings. The largest absolute Gasteiger partial charge is 0.392 e. The smallest absolute Gasteiger partial charge is 0.0681 e. The normalized spacial score (nSPS) is 10.9. The standard InChI is InChI=1S/C9H16O.2C2H6/c1-4-8(5-2)9(6-3)7-10;2*1-2/h4,6,10H,5,7H2,1-3H3;2*1-2H3/b8-4-,9-6-;;. The van der Waals surface area contributed by atoms with Crippen molar-refractivity contribution in [2.45, 2.75) is 54.9 Å². The minimum absolute atomic E-state index is 0.157. The molecule has 0 saturated carbocycles. The summed E-state index contributed by atoms with van der Waals surface area (Å²) >= 11 is 0. The Balaban J connectivity index is -0.000000266. The predicted molar refractivity (Wildman–Crippen MR) is 67.6 cm³/mol. The van der Waals surface area contributed by atoms with Gasteiger partial charge in [-0.3, -0.25) is 0 Å². The second kappa shape index (κ2) is 18.3. The zero-order valence-electron chi connectivity index (χ0n) is 11.0. The number of hydrogen-bond acceptors (Lipinski definition) is 1. The molecule has 0 aromatic rings. The summed E-state index contributed by atoms with van der Waals surface area (Å²) < 4.78 is 0. The molecule has 86 valence electrons. The maximum absolute atomic E-state index is 8.85. The Morgan fingerprint density at radius 2 is 1.29 bits per heavy atom. The van der Waals surface area contributed by atoms with Crippen LogP contribution in [0.25, 0.3) is 0 Å². The molecule has 1 heteroatoms. The molecule has 0 unspecified atom stereocenters. The van der Waals surface area contributed by atoms with E-state index in [0.717, 1.165) is 12.0 Å². The first-order valence-corrected chi connectivity index (χ1v) is 5.71. The molecule has 0 aliphatic carbocycles. The monoisotopic (exact) mass is 200 g/mol. The summed E-state index contributed by atoms with van der Waals surface area (Å²) in [6, 6.07) is 0. The van der Waals surface area contributed by atoms with Crippen LogP contribution >= 0.6 is 0 Å². The van der Waals surface area contributed by atoms with Crippen LogP contribution in [-0.2, 0) is 0 Å². The highest BCUT2D eigenvalue weighted by atomic mass is 16.3. The highest BCUT2D eigenvalue weighted by Crippen LogP contribution is 2.12. The molecule has 14 heavy (non-hydrogen) atoms. The van der Waals surface area contributed by atoms with Crippen molar-refractivity contribution in [1.82, 2.24) is 0 Å². The van der Waals surface area contributed by atoms with Gasteiger partial charge in [0.25, 0.3) is 0 Å². The number of aliphatic hydroxyl groups excluding tert-OH is 1. The lowest BCUT2D eigenvalue weighted by atomic mass is 10.0. The van der Waals surface area contributed by atoms with Gasteiger partial charge in [-0.05, 0) is 31.4 Å². The molecular weight excluding hydrogens is 172 g/mol. The minimum atomic E-state index is 0.157. The van der Waals surface area contributed by atoms with Crippen LogP contribution < -0.4 is 0 Å². The molecule has 0 radical (unpaired) electrons. The van der Waals surface area contributed by atoms with Crippen LogP contribution in [0.4, 0.5) is 0 Å². The Morgan fingerprint density at radius 1 is 0.929 bits per heavy atom. The summed E-state index contributed by atoms with van der Waals surface area (Å²) in [6.45, 7) is 14.2. The van der Waals surface area contributed by atoms with Gasteiger partial charge in [-0.15, -0.1) is 0 Å². The van der Waals surface area contributed by atoms with Gasteiger partial charge in [-0.1, -0.05) is 46.8 Å². The van der Waals surface area contributed by atoms with Crippen molar-refractivity contribution in [2.24, 2.45) is 0 Å². The third kappa shape index (κ3) is 9.53. The van der Waals surface area contributed by atoms with E-state index in [1.807, 2.05) is 53.7 Å². The van der Waals surface area contributed by atoms with E-state index in [1.54, 1.807) is 0 Å². The lowest BCUT2D eigenvalue weighted by Gasteiger charge is -2.04. The van der Waals surface area contributed by atoms with Crippen molar-refractivity contribution < 1.29 is 5.11 Å². The first kappa shape index (κ1) is 19.1. The molecule has 0 fully saturated rings. The first-order chi connectivity index (χ1) is 6.79. The maximum Gasteiger partial charge on any atom is 0.0681 e. The van der Waals surface area contributed by atoms with Crippen molar-refractivity contribution in [3.63, 3.8) is 0 Å². The van der Waals surface area contributed by atoms with Gasteiger partial charge in [0.1, 0.15) is 0 Å². The third-order valence-corrected chi connectivity index (χ3v) is 1.66. The Morgan fingerprint density at radius 3 is 1.36 bits per heavy atom. The molecule has 1 N–H and O–H groups in total. The molecule has 0 atom stereocenters. The van der Waals surface area contributed by atoms with Crippen molar-refractivity contribution in [3.8, 4) is 0 Å². The molecule has 0 amide bonds. The Labute approximate surface area is 90.5 Å². The van der Waals surface area contributed by atoms with E-state index in [4.69, 9.17) is 5.11 Å². The fourth-order valence-corrected chi connectivity index (χ4v) is 0.995. The van der Waals surface area contributed by atoms with Crippen molar-refractivity contribution in [3.05, 3.63) is 23.3 Å². The predicted octanol–water partition coefficient (Wildman–Crippen LogP) is 4.33. The third-order valence-electron chi connectivity index (χ3n) is 1.66. The average Bonchev–Trinajstić information content (AvgIpc) is 2.31. The van der Waals surface area contributed by atoms with Gasteiger partial charge in [0, 0.05) is 0 Å². The van der Waals surface area contributed by atoms with Gasteiger partial charge in [-0.25, -0.2) is 0 Å². The summed E-state index contributed by atoms with van der Waals surface area (Å²) in [5.41, 5.74) is 2.29. The average molecular weight is 200 g/mol. The SMILES string of the molecule is C/C=C(CC)\C(=C/C)CO.CC.CC. The quantitative estimate of drug-likeness (QED) is 0.672. The molecule has 0 bridgehead atoms. The number of allylic oxidation sites excluding steroid dienone is 2. The maximum atomic E-state index is 8.85. The van der Waals surface area contributed by atoms with Gasteiger partial charge in [-0.2, -0.15) is 0 Å². The van der Waals surface area contributed by atoms with Crippen LogP contribution in [0.5, 0.6) is 0 Å². The lowest BCUT2D eigenvalue weighted by molar-refractivity contribution is 0.332. The molecular formula is C13H28O. The zero-order chi connectivity index (χ0) is 12.0. The topological polar surface area (TPSA) is 20.2 Å². The van der Waals surface area contributed by atoms with Crippen LogP contribution in [0.15, 0.2) is 23.3 Å². The van der Waals surface area contributed by atoms with E-state index in [0.29, 0.717) is 0 Å². The fourth-order valence-electron chi connectivity index (χ4n) is 0.995. The molecule has 0 aromatic carbocycles. The van der Waals surface area contributed by atoms with Crippen LogP contribution in [0.3, 0.4) is 0 Å².